The minimum Gasteiger partial charge on any atom is -0.0795 e. The van der Waals surface area contributed by atoms with Crippen molar-refractivity contribution in [1.29, 1.82) is 0 Å². The van der Waals surface area contributed by atoms with Crippen molar-refractivity contribution < 1.29 is 0 Å². The fraction of sp³-hybridized carbons (Fsp3) is 0.531. The molecule has 0 radical (unpaired) electrons. The molecule has 33 heavy (non-hydrogen) atoms. The molecule has 0 aliphatic carbocycles. The van der Waals surface area contributed by atoms with Gasteiger partial charge < -0.3 is 0 Å². The zero-order valence-electron chi connectivity index (χ0n) is 21.3. The molecule has 0 nitrogen and oxygen atoms in total. The zero-order valence-corrected chi connectivity index (χ0v) is 22.1. The van der Waals surface area contributed by atoms with Gasteiger partial charge >= 0.3 is 0 Å². The van der Waals surface area contributed by atoms with Crippen LogP contribution in [0.3, 0.4) is 0 Å². The third kappa shape index (κ3) is 12.3. The van der Waals surface area contributed by atoms with Crippen molar-refractivity contribution >= 4 is 23.2 Å². The van der Waals surface area contributed by atoms with Crippen molar-refractivity contribution in [2.75, 3.05) is 0 Å². The summed E-state index contributed by atoms with van der Waals surface area (Å²) in [5.41, 5.74) is 5.20. The number of benzene rings is 2. The quantitative estimate of drug-likeness (QED) is 0.0918. The number of allylic oxidation sites excluding steroid dienone is 1. The summed E-state index contributed by atoms with van der Waals surface area (Å²) in [5.74, 6) is 0. The number of hydrogen-bond donors (Lipinski definition) is 0. The van der Waals surface area contributed by atoms with Gasteiger partial charge in [0.25, 0.3) is 0 Å². The molecule has 0 saturated carbocycles. The fourth-order valence-electron chi connectivity index (χ4n) is 4.41. The van der Waals surface area contributed by atoms with Gasteiger partial charge in [-0.15, -0.1) is 0 Å². The largest absolute Gasteiger partial charge is 0.0795 e. The van der Waals surface area contributed by atoms with E-state index in [9.17, 15) is 0 Å². The molecule has 0 heterocycles. The molecule has 0 amide bonds. The Morgan fingerprint density at radius 3 is 1.85 bits per heavy atom. The number of rotatable bonds is 18. The Bertz CT molecular complexity index is 800. The molecule has 0 N–H and O–H groups in total. The van der Waals surface area contributed by atoms with Crippen LogP contribution in [0.2, 0.25) is 0 Å². The van der Waals surface area contributed by atoms with Crippen LogP contribution in [0.1, 0.15) is 120 Å². The minimum absolute atomic E-state index is 0.910. The Morgan fingerprint density at radius 1 is 0.636 bits per heavy atom. The molecular weight excluding hydrogens is 416 g/mol. The van der Waals surface area contributed by atoms with Crippen LogP contribution in [0, 0.1) is 0 Å². The number of thiocarbonyl (C=S) groups is 1. The van der Waals surface area contributed by atoms with Gasteiger partial charge in [0.1, 0.15) is 0 Å². The van der Waals surface area contributed by atoms with Gasteiger partial charge in [-0.05, 0) is 47.6 Å². The monoisotopic (exact) mass is 462 g/mol. The van der Waals surface area contributed by atoms with E-state index in [4.69, 9.17) is 12.2 Å². The van der Waals surface area contributed by atoms with Gasteiger partial charge in [-0.2, -0.15) is 0 Å². The van der Waals surface area contributed by atoms with Gasteiger partial charge in [-0.25, -0.2) is 0 Å². The lowest BCUT2D eigenvalue weighted by atomic mass is 10.0. The minimum atomic E-state index is 0.910. The van der Waals surface area contributed by atoms with Crippen LogP contribution in [-0.4, -0.2) is 4.86 Å². The van der Waals surface area contributed by atoms with Crippen molar-refractivity contribution in [3.05, 3.63) is 76.9 Å². The first-order valence-electron chi connectivity index (χ1n) is 13.6. The van der Waals surface area contributed by atoms with E-state index in [-0.39, 0.29) is 0 Å². The second kappa shape index (κ2) is 17.7. The lowest BCUT2D eigenvalue weighted by Gasteiger charge is -2.05. The molecule has 2 aromatic rings. The van der Waals surface area contributed by atoms with Crippen LogP contribution in [0.5, 0.6) is 0 Å². The SMILES string of the molecule is CCCCCCCCCCCCCCc1ccc(C(=S)C=Cc2cccc(CCC)c2)cc1. The van der Waals surface area contributed by atoms with Crippen molar-refractivity contribution in [3.63, 3.8) is 0 Å². The predicted molar refractivity (Wildman–Crippen MR) is 152 cm³/mol. The second-order valence-electron chi connectivity index (χ2n) is 9.53. The van der Waals surface area contributed by atoms with Crippen LogP contribution in [0.25, 0.3) is 6.08 Å². The lowest BCUT2D eigenvalue weighted by Crippen LogP contribution is -1.94. The predicted octanol–water partition coefficient (Wildman–Crippen LogP) is 10.3. The highest BCUT2D eigenvalue weighted by molar-refractivity contribution is 7.81. The standard InChI is InChI=1S/C32H46S/c1-3-5-6-7-8-9-10-11-12-13-14-15-18-28-21-24-31(25-22-28)32(33)26-23-30-20-16-19-29(27-30)17-4-2/h16,19-27H,3-15,17-18H2,1-2H3. The maximum atomic E-state index is 5.65. The van der Waals surface area contributed by atoms with E-state index in [1.165, 1.54) is 107 Å². The maximum absolute atomic E-state index is 5.65. The van der Waals surface area contributed by atoms with E-state index in [0.29, 0.717) is 0 Å². The Labute approximate surface area is 209 Å². The molecule has 0 spiro atoms. The Hall–Kier alpha value is -1.73. The summed E-state index contributed by atoms with van der Waals surface area (Å²) in [7, 11) is 0. The highest BCUT2D eigenvalue weighted by Crippen LogP contribution is 2.15. The normalized spacial score (nSPS) is 11.3. The van der Waals surface area contributed by atoms with Crippen LogP contribution in [0.4, 0.5) is 0 Å². The summed E-state index contributed by atoms with van der Waals surface area (Å²) < 4.78 is 0. The van der Waals surface area contributed by atoms with Crippen LogP contribution in [-0.2, 0) is 12.8 Å². The van der Waals surface area contributed by atoms with E-state index in [2.05, 4.69) is 74.5 Å². The summed E-state index contributed by atoms with van der Waals surface area (Å²) in [6.07, 6.45) is 24.6. The molecule has 0 saturated heterocycles. The van der Waals surface area contributed by atoms with Crippen molar-refractivity contribution in [1.82, 2.24) is 0 Å². The summed E-state index contributed by atoms with van der Waals surface area (Å²) >= 11 is 5.65. The molecule has 0 fully saturated rings. The summed E-state index contributed by atoms with van der Waals surface area (Å²) in [6.45, 7) is 4.51. The average molecular weight is 463 g/mol. The molecule has 2 aromatic carbocycles. The zero-order chi connectivity index (χ0) is 23.6. The van der Waals surface area contributed by atoms with Crippen LogP contribution >= 0.6 is 12.2 Å². The van der Waals surface area contributed by atoms with Crippen molar-refractivity contribution in [2.24, 2.45) is 0 Å². The van der Waals surface area contributed by atoms with Crippen LogP contribution < -0.4 is 0 Å². The topological polar surface area (TPSA) is 0 Å². The summed E-state index contributed by atoms with van der Waals surface area (Å²) in [5, 5.41) is 0. The number of hydrogen-bond acceptors (Lipinski definition) is 1. The Morgan fingerprint density at radius 2 is 1.24 bits per heavy atom. The second-order valence-corrected chi connectivity index (χ2v) is 9.97. The molecular formula is C32H46S. The molecule has 1 heteroatoms. The molecule has 0 unspecified atom stereocenters. The van der Waals surface area contributed by atoms with Crippen LogP contribution in [0.15, 0.2) is 54.6 Å². The van der Waals surface area contributed by atoms with E-state index >= 15 is 0 Å². The van der Waals surface area contributed by atoms with Crippen molar-refractivity contribution in [2.45, 2.75) is 110 Å². The van der Waals surface area contributed by atoms with Gasteiger partial charge in [-0.3, -0.25) is 0 Å². The highest BCUT2D eigenvalue weighted by atomic mass is 32.1. The van der Waals surface area contributed by atoms with Gasteiger partial charge in [-0.1, -0.05) is 158 Å². The smallest absolute Gasteiger partial charge is 0.0449 e. The molecule has 0 aliphatic rings. The van der Waals surface area contributed by atoms with Gasteiger partial charge in [0.2, 0.25) is 0 Å². The fourth-order valence-corrected chi connectivity index (χ4v) is 4.62. The Balaban J connectivity index is 1.60. The maximum Gasteiger partial charge on any atom is 0.0449 e. The summed E-state index contributed by atoms with van der Waals surface area (Å²) in [6, 6.07) is 17.7. The van der Waals surface area contributed by atoms with Gasteiger partial charge in [0.05, 0.1) is 0 Å². The van der Waals surface area contributed by atoms with Crippen molar-refractivity contribution in [3.8, 4) is 0 Å². The molecule has 0 atom stereocenters. The lowest BCUT2D eigenvalue weighted by molar-refractivity contribution is 0.544. The van der Waals surface area contributed by atoms with E-state index < -0.39 is 0 Å². The third-order valence-corrected chi connectivity index (χ3v) is 6.85. The number of aryl methyl sites for hydroxylation is 2. The number of unbranched alkanes of at least 4 members (excludes halogenated alkanes) is 11. The summed E-state index contributed by atoms with van der Waals surface area (Å²) in [4.78, 5) is 0.910. The molecule has 0 aliphatic heterocycles. The third-order valence-electron chi connectivity index (χ3n) is 6.47. The van der Waals surface area contributed by atoms with E-state index in [1.807, 2.05) is 0 Å². The molecule has 180 valence electrons. The first-order valence-corrected chi connectivity index (χ1v) is 14.0. The first-order chi connectivity index (χ1) is 16.2. The van der Waals surface area contributed by atoms with E-state index in [1.54, 1.807) is 0 Å². The van der Waals surface area contributed by atoms with E-state index in [0.717, 1.165) is 16.8 Å². The molecule has 0 aromatic heterocycles. The van der Waals surface area contributed by atoms with Gasteiger partial charge in [0, 0.05) is 4.86 Å². The Kier molecular flexibility index (Phi) is 14.8. The van der Waals surface area contributed by atoms with Gasteiger partial charge in [0.15, 0.2) is 0 Å². The molecule has 0 bridgehead atoms. The highest BCUT2D eigenvalue weighted by Gasteiger charge is 2.00. The average Bonchev–Trinajstić information content (AvgIpc) is 2.84. The molecule has 2 rings (SSSR count). The first kappa shape index (κ1) is 27.5.